The first-order valence-electron chi connectivity index (χ1n) is 5.01. The molecule has 1 nitrogen and oxygen atoms in total. The molecule has 0 aromatic carbocycles. The van der Waals surface area contributed by atoms with Gasteiger partial charge in [0.1, 0.15) is 0 Å². The van der Waals surface area contributed by atoms with Crippen molar-refractivity contribution in [2.24, 2.45) is 5.92 Å². The summed E-state index contributed by atoms with van der Waals surface area (Å²) in [7, 11) is 0. The minimum atomic E-state index is -0.121. The van der Waals surface area contributed by atoms with Crippen LogP contribution in [0, 0.1) is 5.92 Å². The van der Waals surface area contributed by atoms with Crippen molar-refractivity contribution in [2.45, 2.75) is 52.1 Å². The molecule has 0 fully saturated rings. The first-order chi connectivity index (χ1) is 5.70. The molecule has 72 valence electrons. The molecule has 0 rings (SSSR count). The number of unbranched alkanes of at least 4 members (excludes halogenated alkanes) is 2. The molecule has 0 aliphatic rings. The second-order valence-electron chi connectivity index (χ2n) is 3.60. The smallest absolute Gasteiger partial charge is 0.0545 e. The van der Waals surface area contributed by atoms with Crippen LogP contribution in [0.1, 0.15) is 46.0 Å². The summed E-state index contributed by atoms with van der Waals surface area (Å²) in [5, 5.41) is 9.53. The van der Waals surface area contributed by atoms with Crippen LogP contribution in [-0.4, -0.2) is 11.2 Å². The zero-order chi connectivity index (χ0) is 9.40. The third-order valence-electron chi connectivity index (χ3n) is 2.19. The predicted octanol–water partition coefficient (Wildman–Crippen LogP) is 3.14. The molecule has 1 N–H and O–H groups in total. The molecule has 2 atom stereocenters. The lowest BCUT2D eigenvalue weighted by Crippen LogP contribution is -2.10. The van der Waals surface area contributed by atoms with Gasteiger partial charge < -0.3 is 5.11 Å². The van der Waals surface area contributed by atoms with Gasteiger partial charge >= 0.3 is 0 Å². The Hall–Kier alpha value is -0.300. The Morgan fingerprint density at radius 3 is 2.58 bits per heavy atom. The van der Waals surface area contributed by atoms with E-state index < -0.39 is 0 Å². The Balaban J connectivity index is 3.32. The fourth-order valence-electron chi connectivity index (χ4n) is 1.27. The van der Waals surface area contributed by atoms with Gasteiger partial charge in [-0.05, 0) is 18.8 Å². The number of aliphatic hydroxyl groups excluding tert-OH is 1. The summed E-state index contributed by atoms with van der Waals surface area (Å²) in [5.41, 5.74) is 0. The maximum atomic E-state index is 9.53. The molecule has 0 saturated carbocycles. The van der Waals surface area contributed by atoms with E-state index in [1.807, 2.05) is 6.08 Å². The van der Waals surface area contributed by atoms with E-state index in [1.54, 1.807) is 0 Å². The van der Waals surface area contributed by atoms with Crippen LogP contribution in [0.2, 0.25) is 0 Å². The normalized spacial score (nSPS) is 15.6. The van der Waals surface area contributed by atoms with Gasteiger partial charge in [0.2, 0.25) is 0 Å². The molecule has 1 heteroatoms. The van der Waals surface area contributed by atoms with Crippen molar-refractivity contribution in [2.75, 3.05) is 0 Å². The van der Waals surface area contributed by atoms with E-state index in [4.69, 9.17) is 0 Å². The van der Waals surface area contributed by atoms with Crippen molar-refractivity contribution in [1.29, 1.82) is 0 Å². The highest BCUT2D eigenvalue weighted by Gasteiger charge is 2.06. The fraction of sp³-hybridized carbons (Fsp3) is 0.818. The minimum Gasteiger partial charge on any atom is -0.393 e. The van der Waals surface area contributed by atoms with Crippen LogP contribution in [0.25, 0.3) is 0 Å². The first kappa shape index (κ1) is 11.7. The lowest BCUT2D eigenvalue weighted by molar-refractivity contribution is 0.140. The number of allylic oxidation sites excluding steroid dienone is 1. The van der Waals surface area contributed by atoms with Gasteiger partial charge in [-0.25, -0.2) is 0 Å². The maximum Gasteiger partial charge on any atom is 0.0545 e. The van der Waals surface area contributed by atoms with Crippen LogP contribution >= 0.6 is 0 Å². The second kappa shape index (κ2) is 7.35. The summed E-state index contributed by atoms with van der Waals surface area (Å²) in [6.45, 7) is 7.97. The summed E-state index contributed by atoms with van der Waals surface area (Å²) < 4.78 is 0. The number of hydrogen-bond acceptors (Lipinski definition) is 1. The SMILES string of the molecule is C=C[C@H](C)C[C@@H](O)CCCCC. The van der Waals surface area contributed by atoms with Crippen LogP contribution in [0.5, 0.6) is 0 Å². The van der Waals surface area contributed by atoms with E-state index in [0.29, 0.717) is 5.92 Å². The van der Waals surface area contributed by atoms with Crippen molar-refractivity contribution in [3.8, 4) is 0 Å². The van der Waals surface area contributed by atoms with E-state index in [9.17, 15) is 5.11 Å². The minimum absolute atomic E-state index is 0.121. The van der Waals surface area contributed by atoms with Gasteiger partial charge in [0.15, 0.2) is 0 Å². The van der Waals surface area contributed by atoms with Gasteiger partial charge in [-0.1, -0.05) is 39.2 Å². The van der Waals surface area contributed by atoms with Crippen LogP contribution in [-0.2, 0) is 0 Å². The lowest BCUT2D eigenvalue weighted by Gasteiger charge is -2.12. The summed E-state index contributed by atoms with van der Waals surface area (Å²) in [4.78, 5) is 0. The van der Waals surface area contributed by atoms with Crippen LogP contribution < -0.4 is 0 Å². The molecule has 0 aromatic rings. The fourth-order valence-corrected chi connectivity index (χ4v) is 1.27. The van der Waals surface area contributed by atoms with Gasteiger partial charge in [0, 0.05) is 0 Å². The summed E-state index contributed by atoms with van der Waals surface area (Å²) in [5.74, 6) is 0.446. The molecule has 0 spiro atoms. The molecule has 0 aliphatic carbocycles. The zero-order valence-corrected chi connectivity index (χ0v) is 8.42. The molecule has 12 heavy (non-hydrogen) atoms. The third-order valence-corrected chi connectivity index (χ3v) is 2.19. The van der Waals surface area contributed by atoms with Crippen LogP contribution in [0.15, 0.2) is 12.7 Å². The van der Waals surface area contributed by atoms with Crippen molar-refractivity contribution < 1.29 is 5.11 Å². The van der Waals surface area contributed by atoms with E-state index in [-0.39, 0.29) is 6.10 Å². The molecule has 0 aromatic heterocycles. The van der Waals surface area contributed by atoms with E-state index >= 15 is 0 Å². The highest BCUT2D eigenvalue weighted by molar-refractivity contribution is 4.77. The van der Waals surface area contributed by atoms with Gasteiger partial charge in [-0.3, -0.25) is 0 Å². The first-order valence-corrected chi connectivity index (χ1v) is 5.01. The highest BCUT2D eigenvalue weighted by atomic mass is 16.3. The largest absolute Gasteiger partial charge is 0.393 e. The Bertz CT molecular complexity index is 110. The average molecular weight is 170 g/mol. The van der Waals surface area contributed by atoms with E-state index in [0.717, 1.165) is 19.3 Å². The zero-order valence-electron chi connectivity index (χ0n) is 8.42. The van der Waals surface area contributed by atoms with E-state index in [1.165, 1.54) is 12.8 Å². The number of aliphatic hydroxyl groups is 1. The van der Waals surface area contributed by atoms with Gasteiger partial charge in [0.25, 0.3) is 0 Å². The quantitative estimate of drug-likeness (QED) is 0.459. The Labute approximate surface area is 76.5 Å². The Morgan fingerprint density at radius 1 is 1.42 bits per heavy atom. The van der Waals surface area contributed by atoms with Gasteiger partial charge in [0.05, 0.1) is 6.10 Å². The standard InChI is InChI=1S/C11H22O/c1-4-6-7-8-11(12)9-10(3)5-2/h5,10-12H,2,4,6-9H2,1,3H3/t10-,11-/m0/s1. The molecular weight excluding hydrogens is 148 g/mol. The molecule has 0 radical (unpaired) electrons. The van der Waals surface area contributed by atoms with Crippen LogP contribution in [0.4, 0.5) is 0 Å². The Kier molecular flexibility index (Phi) is 7.17. The summed E-state index contributed by atoms with van der Waals surface area (Å²) in [6, 6.07) is 0. The predicted molar refractivity (Wildman–Crippen MR) is 54.1 cm³/mol. The van der Waals surface area contributed by atoms with Crippen molar-refractivity contribution in [3.05, 3.63) is 12.7 Å². The van der Waals surface area contributed by atoms with Gasteiger partial charge in [-0.15, -0.1) is 6.58 Å². The molecule has 0 aliphatic heterocycles. The average Bonchev–Trinajstić information content (AvgIpc) is 2.05. The maximum absolute atomic E-state index is 9.53. The Morgan fingerprint density at radius 2 is 2.08 bits per heavy atom. The van der Waals surface area contributed by atoms with Crippen molar-refractivity contribution in [1.82, 2.24) is 0 Å². The topological polar surface area (TPSA) is 20.2 Å². The monoisotopic (exact) mass is 170 g/mol. The molecule has 0 saturated heterocycles. The molecule has 0 amide bonds. The lowest BCUT2D eigenvalue weighted by atomic mass is 10.00. The highest BCUT2D eigenvalue weighted by Crippen LogP contribution is 2.12. The van der Waals surface area contributed by atoms with Crippen LogP contribution in [0.3, 0.4) is 0 Å². The molecule has 0 heterocycles. The third kappa shape index (κ3) is 6.41. The molecule has 0 unspecified atom stereocenters. The van der Waals surface area contributed by atoms with Gasteiger partial charge in [-0.2, -0.15) is 0 Å². The molecule has 0 bridgehead atoms. The number of rotatable bonds is 7. The summed E-state index contributed by atoms with van der Waals surface area (Å²) in [6.07, 6.45) is 7.22. The molecular formula is C11H22O. The van der Waals surface area contributed by atoms with Crippen molar-refractivity contribution in [3.63, 3.8) is 0 Å². The van der Waals surface area contributed by atoms with E-state index in [2.05, 4.69) is 20.4 Å². The summed E-state index contributed by atoms with van der Waals surface area (Å²) >= 11 is 0. The second-order valence-corrected chi connectivity index (χ2v) is 3.60. The number of hydrogen-bond donors (Lipinski definition) is 1. The van der Waals surface area contributed by atoms with Crippen molar-refractivity contribution >= 4 is 0 Å².